The number of aliphatic carboxylic acids is 1. The fraction of sp³-hybridized carbons (Fsp3) is 0.312. The lowest BCUT2D eigenvalue weighted by atomic mass is 10.1. The molecule has 2 rings (SSSR count). The average molecular weight is 351 g/mol. The molecule has 1 aromatic carbocycles. The number of halogens is 1. The number of anilines is 1. The number of nitrogens with zero attached hydrogens (tertiary/aromatic N) is 2. The molecular formula is C16H18FN3O5. The molecule has 134 valence electrons. The van der Waals surface area contributed by atoms with Crippen molar-refractivity contribution in [2.75, 3.05) is 19.5 Å². The van der Waals surface area contributed by atoms with Gasteiger partial charge in [0.15, 0.2) is 17.0 Å². The summed E-state index contributed by atoms with van der Waals surface area (Å²) in [6, 6.07) is 2.44. The number of hydrogen-bond donors (Lipinski definition) is 2. The van der Waals surface area contributed by atoms with Crippen LogP contribution in [0.5, 0.6) is 11.5 Å². The van der Waals surface area contributed by atoms with E-state index in [1.807, 2.05) is 0 Å². The number of rotatable bonds is 6. The Labute approximate surface area is 143 Å². The van der Waals surface area contributed by atoms with Crippen molar-refractivity contribution in [3.8, 4) is 11.5 Å². The van der Waals surface area contributed by atoms with Crippen LogP contribution >= 0.6 is 0 Å². The van der Waals surface area contributed by atoms with Crippen LogP contribution in [0.1, 0.15) is 24.2 Å². The fourth-order valence-corrected chi connectivity index (χ4v) is 2.10. The minimum absolute atomic E-state index is 0.0433. The zero-order chi connectivity index (χ0) is 18.8. The average Bonchev–Trinajstić information content (AvgIpc) is 3.03. The summed E-state index contributed by atoms with van der Waals surface area (Å²) in [6.07, 6.45) is 2.61. The Morgan fingerprint density at radius 2 is 1.96 bits per heavy atom. The molecule has 0 fully saturated rings. The third-order valence-corrected chi connectivity index (χ3v) is 3.66. The molecule has 0 radical (unpaired) electrons. The van der Waals surface area contributed by atoms with Crippen molar-refractivity contribution < 1.29 is 28.6 Å². The van der Waals surface area contributed by atoms with Crippen molar-refractivity contribution >= 4 is 17.6 Å². The lowest BCUT2D eigenvalue weighted by Gasteiger charge is -2.19. The minimum Gasteiger partial charge on any atom is -0.493 e. The number of carboxylic acid groups (broad SMARTS) is 1. The van der Waals surface area contributed by atoms with Crippen LogP contribution in [0, 0.1) is 5.82 Å². The van der Waals surface area contributed by atoms with Crippen LogP contribution in [-0.4, -0.2) is 41.0 Å². The normalized spacial score (nSPS) is 11.1. The summed E-state index contributed by atoms with van der Waals surface area (Å²) in [6.45, 7) is 2.91. The van der Waals surface area contributed by atoms with Crippen LogP contribution < -0.4 is 14.8 Å². The van der Waals surface area contributed by atoms with Crippen molar-refractivity contribution in [3.63, 3.8) is 0 Å². The standard InChI is InChI=1S/C16H18FN3O5/c1-16(2,15(22)23)20-8-9(7-18-20)19-14(21)12-10(17)5-6-11(24-3)13(12)25-4/h5-8H,1-4H3,(H,19,21)(H,22,23). The Bertz CT molecular complexity index is 816. The number of amides is 1. The molecule has 9 heteroatoms. The van der Waals surface area contributed by atoms with Crippen LogP contribution in [0.4, 0.5) is 10.1 Å². The number of benzene rings is 1. The number of nitrogens with one attached hydrogen (secondary N) is 1. The molecule has 25 heavy (non-hydrogen) atoms. The van der Waals surface area contributed by atoms with Gasteiger partial charge in [0, 0.05) is 6.20 Å². The van der Waals surface area contributed by atoms with Gasteiger partial charge in [-0.2, -0.15) is 5.10 Å². The summed E-state index contributed by atoms with van der Waals surface area (Å²) in [5, 5.41) is 15.6. The van der Waals surface area contributed by atoms with Crippen molar-refractivity contribution in [2.45, 2.75) is 19.4 Å². The predicted molar refractivity (Wildman–Crippen MR) is 86.6 cm³/mol. The minimum atomic E-state index is -1.30. The molecule has 0 aliphatic rings. The molecule has 0 atom stereocenters. The highest BCUT2D eigenvalue weighted by Crippen LogP contribution is 2.33. The van der Waals surface area contributed by atoms with E-state index in [9.17, 15) is 19.1 Å². The van der Waals surface area contributed by atoms with E-state index in [2.05, 4.69) is 10.4 Å². The first-order valence-electron chi connectivity index (χ1n) is 7.22. The van der Waals surface area contributed by atoms with Gasteiger partial charge in [0.2, 0.25) is 0 Å². The number of ether oxygens (including phenoxy) is 2. The van der Waals surface area contributed by atoms with Crippen LogP contribution in [0.25, 0.3) is 0 Å². The molecule has 2 N–H and O–H groups in total. The van der Waals surface area contributed by atoms with Crippen molar-refractivity contribution in [1.29, 1.82) is 0 Å². The Balaban J connectivity index is 2.33. The molecule has 0 saturated heterocycles. The Morgan fingerprint density at radius 1 is 1.28 bits per heavy atom. The molecule has 1 heterocycles. The number of carboxylic acids is 1. The third-order valence-electron chi connectivity index (χ3n) is 3.66. The molecule has 1 amide bonds. The van der Waals surface area contributed by atoms with Gasteiger partial charge in [0.05, 0.1) is 26.1 Å². The van der Waals surface area contributed by atoms with Crippen LogP contribution in [0.15, 0.2) is 24.5 Å². The summed E-state index contributed by atoms with van der Waals surface area (Å²) < 4.78 is 25.4. The van der Waals surface area contributed by atoms with Gasteiger partial charge in [-0.25, -0.2) is 9.18 Å². The van der Waals surface area contributed by atoms with Crippen molar-refractivity contribution in [1.82, 2.24) is 9.78 Å². The molecule has 0 aliphatic carbocycles. The highest BCUT2D eigenvalue weighted by Gasteiger charge is 2.30. The van der Waals surface area contributed by atoms with Crippen LogP contribution in [0.3, 0.4) is 0 Å². The highest BCUT2D eigenvalue weighted by molar-refractivity contribution is 6.06. The third kappa shape index (κ3) is 3.39. The molecule has 0 saturated carbocycles. The van der Waals surface area contributed by atoms with E-state index in [1.54, 1.807) is 0 Å². The van der Waals surface area contributed by atoms with Gasteiger partial charge < -0.3 is 19.9 Å². The predicted octanol–water partition coefficient (Wildman–Crippen LogP) is 2.11. The second kappa shape index (κ2) is 6.80. The van der Waals surface area contributed by atoms with Crippen molar-refractivity contribution in [3.05, 3.63) is 35.9 Å². The summed E-state index contributed by atoms with van der Waals surface area (Å²) in [4.78, 5) is 23.7. The van der Waals surface area contributed by atoms with E-state index >= 15 is 0 Å². The quantitative estimate of drug-likeness (QED) is 0.826. The molecule has 0 unspecified atom stereocenters. The monoisotopic (exact) mass is 351 g/mol. The molecule has 0 spiro atoms. The van der Waals surface area contributed by atoms with E-state index in [4.69, 9.17) is 9.47 Å². The number of carbonyl (C=O) groups is 2. The second-order valence-electron chi connectivity index (χ2n) is 5.65. The van der Waals surface area contributed by atoms with E-state index in [-0.39, 0.29) is 22.7 Å². The van der Waals surface area contributed by atoms with E-state index in [1.165, 1.54) is 51.2 Å². The lowest BCUT2D eigenvalue weighted by molar-refractivity contribution is -0.146. The van der Waals surface area contributed by atoms with Gasteiger partial charge >= 0.3 is 5.97 Å². The SMILES string of the molecule is COc1ccc(F)c(C(=O)Nc2cnn(C(C)(C)C(=O)O)c2)c1OC. The zero-order valence-electron chi connectivity index (χ0n) is 14.2. The molecule has 1 aromatic heterocycles. The number of aromatic nitrogens is 2. The highest BCUT2D eigenvalue weighted by atomic mass is 19.1. The Kier molecular flexibility index (Phi) is 4.96. The second-order valence-corrected chi connectivity index (χ2v) is 5.65. The largest absolute Gasteiger partial charge is 0.493 e. The number of carbonyl (C=O) groups excluding carboxylic acids is 1. The van der Waals surface area contributed by atoms with Gasteiger partial charge in [0.25, 0.3) is 5.91 Å². The Morgan fingerprint density at radius 3 is 2.52 bits per heavy atom. The first-order valence-corrected chi connectivity index (χ1v) is 7.22. The zero-order valence-corrected chi connectivity index (χ0v) is 14.2. The summed E-state index contributed by atoms with van der Waals surface area (Å²) in [7, 11) is 2.66. The first kappa shape index (κ1) is 18.2. The molecule has 0 bridgehead atoms. The lowest BCUT2D eigenvalue weighted by Crippen LogP contribution is -2.35. The molecule has 8 nitrogen and oxygen atoms in total. The fourth-order valence-electron chi connectivity index (χ4n) is 2.10. The maximum atomic E-state index is 14.1. The van der Waals surface area contributed by atoms with Gasteiger partial charge in [0.1, 0.15) is 11.4 Å². The van der Waals surface area contributed by atoms with E-state index in [0.717, 1.165) is 6.07 Å². The maximum Gasteiger partial charge on any atom is 0.331 e. The molecular weight excluding hydrogens is 333 g/mol. The van der Waals surface area contributed by atoms with Gasteiger partial charge in [-0.3, -0.25) is 9.48 Å². The van der Waals surface area contributed by atoms with Crippen LogP contribution in [-0.2, 0) is 10.3 Å². The Hall–Kier alpha value is -3.10. The maximum absolute atomic E-state index is 14.1. The smallest absolute Gasteiger partial charge is 0.331 e. The number of hydrogen-bond acceptors (Lipinski definition) is 5. The number of methoxy groups -OCH3 is 2. The first-order chi connectivity index (χ1) is 11.7. The summed E-state index contributed by atoms with van der Waals surface area (Å²) in [5.41, 5.74) is -1.42. The molecule has 2 aromatic rings. The van der Waals surface area contributed by atoms with Crippen LogP contribution in [0.2, 0.25) is 0 Å². The topological polar surface area (TPSA) is 103 Å². The van der Waals surface area contributed by atoms with Gasteiger partial charge in [-0.15, -0.1) is 0 Å². The van der Waals surface area contributed by atoms with Crippen molar-refractivity contribution in [2.24, 2.45) is 0 Å². The summed E-state index contributed by atoms with van der Waals surface area (Å²) >= 11 is 0. The van der Waals surface area contributed by atoms with Gasteiger partial charge in [-0.05, 0) is 26.0 Å². The molecule has 0 aliphatic heterocycles. The van der Waals surface area contributed by atoms with E-state index in [0.29, 0.717) is 0 Å². The van der Waals surface area contributed by atoms with E-state index < -0.39 is 23.2 Å². The summed E-state index contributed by atoms with van der Waals surface area (Å²) in [5.74, 6) is -2.49. The van der Waals surface area contributed by atoms with Gasteiger partial charge in [-0.1, -0.05) is 0 Å².